The van der Waals surface area contributed by atoms with Gasteiger partial charge in [0.2, 0.25) is 17.7 Å². The third-order valence-electron chi connectivity index (χ3n) is 8.44. The minimum atomic E-state index is -1.17. The van der Waals surface area contributed by atoms with Crippen molar-refractivity contribution in [2.24, 2.45) is 0 Å². The molecule has 3 amide bonds. The van der Waals surface area contributed by atoms with Crippen molar-refractivity contribution in [2.75, 3.05) is 53.2 Å². The number of methoxy groups -OCH3 is 1. The number of nitrogens with one attached hydrogen (secondary N) is 3. The van der Waals surface area contributed by atoms with Gasteiger partial charge in [-0.25, -0.2) is 0 Å². The summed E-state index contributed by atoms with van der Waals surface area (Å²) in [5, 5.41) is 28.3. The van der Waals surface area contributed by atoms with Crippen LogP contribution in [0.15, 0.2) is 29.8 Å². The average molecular weight is 631 g/mol. The standard InChI is InChI=1S/C32H46N4O9/c1-32(20-45-32)29(40)24(16-21-6-4-3-5-7-21)34-31(42)25(17-22-8-9-27(43-2)26(38)18-22)35-30(41)23(10-13-37)33-28(39)19-36-11-14-44-15-12-36/h6,8-9,18,23-25,37-38H,3-5,7,10-17,19-20H2,1-2H3,(H,33,39)(H,34,42)(H,35,41)/t23-,24-,25-,32+/m0/s1. The largest absolute Gasteiger partial charge is 0.504 e. The fourth-order valence-electron chi connectivity index (χ4n) is 5.63. The average Bonchev–Trinajstić information content (AvgIpc) is 3.79. The van der Waals surface area contributed by atoms with Crippen LogP contribution in [0, 0.1) is 0 Å². The number of phenolic OH excluding ortho intramolecular Hbond substituents is 1. The first-order valence-electron chi connectivity index (χ1n) is 15.6. The number of Topliss-reactive ketones (excluding diaryl/α,β-unsaturated/α-hetero) is 1. The highest BCUT2D eigenvalue weighted by atomic mass is 16.6. The van der Waals surface area contributed by atoms with E-state index in [-0.39, 0.29) is 49.9 Å². The van der Waals surface area contributed by atoms with E-state index in [1.54, 1.807) is 19.1 Å². The van der Waals surface area contributed by atoms with Gasteiger partial charge in [0.1, 0.15) is 17.7 Å². The first-order chi connectivity index (χ1) is 21.6. The topological polar surface area (TPSA) is 179 Å². The van der Waals surface area contributed by atoms with Crippen LogP contribution in [0.25, 0.3) is 0 Å². The summed E-state index contributed by atoms with van der Waals surface area (Å²) in [5.74, 6) is -1.77. The molecule has 2 saturated heterocycles. The van der Waals surface area contributed by atoms with Crippen LogP contribution in [0.3, 0.4) is 0 Å². The van der Waals surface area contributed by atoms with Gasteiger partial charge in [0.15, 0.2) is 17.3 Å². The molecule has 4 rings (SSSR count). The summed E-state index contributed by atoms with van der Waals surface area (Å²) in [4.78, 5) is 55.5. The highest BCUT2D eigenvalue weighted by Crippen LogP contribution is 2.31. The highest BCUT2D eigenvalue weighted by Gasteiger charge is 2.50. The predicted octanol–water partition coefficient (Wildman–Crippen LogP) is 0.361. The van der Waals surface area contributed by atoms with Gasteiger partial charge in [-0.3, -0.25) is 24.1 Å². The number of phenols is 1. The number of aromatic hydroxyl groups is 1. The van der Waals surface area contributed by atoms with E-state index >= 15 is 0 Å². The van der Waals surface area contributed by atoms with Crippen LogP contribution in [-0.2, 0) is 35.1 Å². The lowest BCUT2D eigenvalue weighted by Crippen LogP contribution is -2.58. The summed E-state index contributed by atoms with van der Waals surface area (Å²) in [6, 6.07) is 1.51. The third-order valence-corrected chi connectivity index (χ3v) is 8.44. The minimum absolute atomic E-state index is 0.0277. The zero-order chi connectivity index (χ0) is 32.4. The molecule has 13 nitrogen and oxygen atoms in total. The fraction of sp³-hybridized carbons (Fsp3) is 0.625. The van der Waals surface area contributed by atoms with Gasteiger partial charge in [-0.2, -0.15) is 0 Å². The Morgan fingerprint density at radius 2 is 1.73 bits per heavy atom. The maximum atomic E-state index is 13.9. The lowest BCUT2D eigenvalue weighted by atomic mass is 9.89. The number of carbonyl (C=O) groups excluding carboxylic acids is 4. The van der Waals surface area contributed by atoms with Gasteiger partial charge in [-0.05, 0) is 63.1 Å². The Morgan fingerprint density at radius 3 is 2.36 bits per heavy atom. The lowest BCUT2D eigenvalue weighted by molar-refractivity contribution is -0.134. The summed E-state index contributed by atoms with van der Waals surface area (Å²) >= 11 is 0. The molecule has 1 aromatic rings. The van der Waals surface area contributed by atoms with Gasteiger partial charge < -0.3 is 40.4 Å². The van der Waals surface area contributed by atoms with Crippen molar-refractivity contribution in [1.82, 2.24) is 20.9 Å². The number of ether oxygens (including phenoxy) is 3. The molecule has 3 aliphatic rings. The zero-order valence-electron chi connectivity index (χ0n) is 26.1. The summed E-state index contributed by atoms with van der Waals surface area (Å²) in [6.07, 6.45) is 6.22. The minimum Gasteiger partial charge on any atom is -0.504 e. The van der Waals surface area contributed by atoms with Crippen LogP contribution in [-0.4, -0.2) is 116 Å². The third kappa shape index (κ3) is 9.98. The first kappa shape index (κ1) is 34.4. The fourth-order valence-corrected chi connectivity index (χ4v) is 5.63. The molecule has 1 aliphatic carbocycles. The molecule has 5 N–H and O–H groups in total. The molecule has 45 heavy (non-hydrogen) atoms. The summed E-state index contributed by atoms with van der Waals surface area (Å²) in [5.41, 5.74) is 0.653. The van der Waals surface area contributed by atoms with Crippen LogP contribution in [0.1, 0.15) is 51.0 Å². The molecule has 0 spiro atoms. The van der Waals surface area contributed by atoms with Gasteiger partial charge >= 0.3 is 0 Å². The molecular formula is C32H46N4O9. The number of ketones is 1. The van der Waals surface area contributed by atoms with Gasteiger partial charge in [0, 0.05) is 26.1 Å². The molecular weight excluding hydrogens is 584 g/mol. The van der Waals surface area contributed by atoms with Crippen molar-refractivity contribution in [1.29, 1.82) is 0 Å². The Morgan fingerprint density at radius 1 is 1.02 bits per heavy atom. The Balaban J connectivity index is 1.52. The van der Waals surface area contributed by atoms with E-state index < -0.39 is 41.4 Å². The lowest BCUT2D eigenvalue weighted by Gasteiger charge is -2.28. The second-order valence-corrected chi connectivity index (χ2v) is 12.0. The van der Waals surface area contributed by atoms with E-state index in [0.29, 0.717) is 38.3 Å². The molecule has 248 valence electrons. The van der Waals surface area contributed by atoms with Crippen LogP contribution in [0.5, 0.6) is 11.5 Å². The van der Waals surface area contributed by atoms with Crippen molar-refractivity contribution in [3.63, 3.8) is 0 Å². The van der Waals surface area contributed by atoms with Gasteiger partial charge in [0.05, 0.1) is 39.5 Å². The molecule has 0 bridgehead atoms. The van der Waals surface area contributed by atoms with Crippen molar-refractivity contribution in [2.45, 2.75) is 75.6 Å². The molecule has 1 aromatic carbocycles. The predicted molar refractivity (Wildman–Crippen MR) is 164 cm³/mol. The normalized spacial score (nSPS) is 21.9. The van der Waals surface area contributed by atoms with Crippen molar-refractivity contribution in [3.05, 3.63) is 35.4 Å². The van der Waals surface area contributed by atoms with E-state index in [9.17, 15) is 29.4 Å². The quantitative estimate of drug-likeness (QED) is 0.127. The molecule has 0 radical (unpaired) electrons. The number of benzene rings is 1. The zero-order valence-corrected chi connectivity index (χ0v) is 26.1. The molecule has 4 atom stereocenters. The molecule has 2 aliphatic heterocycles. The van der Waals surface area contributed by atoms with Crippen LogP contribution < -0.4 is 20.7 Å². The van der Waals surface area contributed by atoms with Gasteiger partial charge in [0.25, 0.3) is 0 Å². The number of amides is 3. The molecule has 0 unspecified atom stereocenters. The Labute approximate surface area is 263 Å². The summed E-state index contributed by atoms with van der Waals surface area (Å²) in [6.45, 7) is 3.86. The van der Waals surface area contributed by atoms with E-state index in [2.05, 4.69) is 22.0 Å². The number of morpholine rings is 1. The number of allylic oxidation sites excluding steroid dienone is 1. The molecule has 2 fully saturated rings. The van der Waals surface area contributed by atoms with Crippen molar-refractivity contribution < 1.29 is 43.6 Å². The number of hydrogen-bond acceptors (Lipinski definition) is 10. The number of rotatable bonds is 16. The smallest absolute Gasteiger partial charge is 0.243 e. The number of carbonyl (C=O) groups is 4. The number of hydrogen-bond donors (Lipinski definition) is 5. The number of aliphatic hydroxyl groups is 1. The Kier molecular flexibility index (Phi) is 12.3. The Hall–Kier alpha value is -3.52. The maximum absolute atomic E-state index is 13.9. The monoisotopic (exact) mass is 630 g/mol. The maximum Gasteiger partial charge on any atom is 0.243 e. The summed E-state index contributed by atoms with van der Waals surface area (Å²) < 4.78 is 15.9. The van der Waals surface area contributed by atoms with Crippen molar-refractivity contribution >= 4 is 23.5 Å². The van der Waals surface area contributed by atoms with Crippen LogP contribution >= 0.6 is 0 Å². The Bertz CT molecular complexity index is 1240. The first-order valence-corrected chi connectivity index (χ1v) is 15.6. The van der Waals surface area contributed by atoms with E-state index in [0.717, 1.165) is 31.3 Å². The highest BCUT2D eigenvalue weighted by molar-refractivity contribution is 5.98. The van der Waals surface area contributed by atoms with E-state index in [1.807, 2.05) is 4.90 Å². The molecule has 13 heteroatoms. The van der Waals surface area contributed by atoms with Crippen LogP contribution in [0.2, 0.25) is 0 Å². The van der Waals surface area contributed by atoms with E-state index in [4.69, 9.17) is 14.2 Å². The number of nitrogens with zero attached hydrogens (tertiary/aromatic N) is 1. The van der Waals surface area contributed by atoms with Crippen LogP contribution in [0.4, 0.5) is 0 Å². The van der Waals surface area contributed by atoms with E-state index in [1.165, 1.54) is 13.2 Å². The molecule has 0 saturated carbocycles. The van der Waals surface area contributed by atoms with Crippen molar-refractivity contribution in [3.8, 4) is 11.5 Å². The number of aliphatic hydroxyl groups excluding tert-OH is 1. The van der Waals surface area contributed by atoms with Gasteiger partial charge in [-0.15, -0.1) is 0 Å². The SMILES string of the molecule is COc1ccc(C[C@H](NC(=O)[C@H](CCO)NC(=O)CN2CCOCC2)C(=O)N[C@@H](CC2=CCCCC2)C(=O)[C@@]2(C)CO2)cc1O. The molecule has 2 heterocycles. The molecule has 0 aromatic heterocycles. The summed E-state index contributed by atoms with van der Waals surface area (Å²) in [7, 11) is 1.42. The number of epoxide rings is 1. The second-order valence-electron chi connectivity index (χ2n) is 12.0. The van der Waals surface area contributed by atoms with Gasteiger partial charge in [-0.1, -0.05) is 17.7 Å². The second kappa shape index (κ2) is 16.2.